The van der Waals surface area contributed by atoms with Gasteiger partial charge in [0.1, 0.15) is 12.4 Å². The molecule has 1 heterocycles. The highest BCUT2D eigenvalue weighted by Gasteiger charge is 2.37. The molecule has 5 nitrogen and oxygen atoms in total. The third-order valence-electron chi connectivity index (χ3n) is 4.87. The first kappa shape index (κ1) is 22.4. The molecule has 0 bridgehead atoms. The molecule has 28 heavy (non-hydrogen) atoms. The zero-order valence-corrected chi connectivity index (χ0v) is 17.6. The highest BCUT2D eigenvalue weighted by Crippen LogP contribution is 2.39. The van der Waals surface area contributed by atoms with Crippen molar-refractivity contribution in [2.75, 3.05) is 18.1 Å². The van der Waals surface area contributed by atoms with Gasteiger partial charge in [-0.3, -0.25) is 9.59 Å². The first-order valence-corrected chi connectivity index (χ1v) is 10.5. The number of benzene rings is 1. The van der Waals surface area contributed by atoms with Gasteiger partial charge >= 0.3 is 0 Å². The molecule has 0 atom stereocenters. The van der Waals surface area contributed by atoms with E-state index in [1.165, 1.54) is 45.4 Å². The molecule has 0 unspecified atom stereocenters. The number of rotatable bonds is 11. The summed E-state index contributed by atoms with van der Waals surface area (Å²) in [7, 11) is 0. The van der Waals surface area contributed by atoms with Crippen molar-refractivity contribution in [3.8, 4) is 0 Å². The third kappa shape index (κ3) is 5.82. The number of hydrogen-bond acceptors (Lipinski definition) is 4. The number of ether oxygens (including phenoxy) is 1. The van der Waals surface area contributed by atoms with E-state index in [0.717, 1.165) is 17.7 Å². The molecule has 0 saturated carbocycles. The first-order chi connectivity index (χ1) is 13.5. The van der Waals surface area contributed by atoms with Crippen LogP contribution in [0.25, 0.3) is 5.57 Å². The molecule has 1 N–H and O–H groups in total. The van der Waals surface area contributed by atoms with E-state index < -0.39 is 11.8 Å². The lowest BCUT2D eigenvalue weighted by Crippen LogP contribution is -2.31. The fourth-order valence-electron chi connectivity index (χ4n) is 3.41. The molecule has 0 saturated heterocycles. The van der Waals surface area contributed by atoms with Crippen molar-refractivity contribution in [1.82, 2.24) is 0 Å². The summed E-state index contributed by atoms with van der Waals surface area (Å²) in [6.07, 6.45) is 9.65. The number of carbonyl (C=O) groups is 2. The minimum Gasteiger partial charge on any atom is -0.509 e. The number of unbranched alkanes of at least 4 members (excludes halogenated alkanes) is 7. The number of amides is 2. The third-order valence-corrected chi connectivity index (χ3v) is 5.11. The van der Waals surface area contributed by atoms with Crippen LogP contribution in [-0.4, -0.2) is 30.1 Å². The van der Waals surface area contributed by atoms with Gasteiger partial charge in [-0.15, -0.1) is 0 Å². The van der Waals surface area contributed by atoms with E-state index >= 15 is 0 Å². The fraction of sp³-hybridized carbons (Fsp3) is 0.545. The Balaban J connectivity index is 1.86. The highest BCUT2D eigenvalue weighted by molar-refractivity contribution is 6.40. The average Bonchev–Trinajstić information content (AvgIpc) is 2.94. The molecule has 1 aliphatic heterocycles. The Kier molecular flexibility index (Phi) is 9.00. The maximum Gasteiger partial charge on any atom is 0.269 e. The predicted octanol–water partition coefficient (Wildman–Crippen LogP) is 5.66. The van der Waals surface area contributed by atoms with Gasteiger partial charge in [0.25, 0.3) is 5.91 Å². The molecule has 2 rings (SSSR count). The second-order valence-corrected chi connectivity index (χ2v) is 7.61. The average molecular weight is 408 g/mol. The van der Waals surface area contributed by atoms with Crippen LogP contribution >= 0.6 is 11.6 Å². The summed E-state index contributed by atoms with van der Waals surface area (Å²) in [4.78, 5) is 25.5. The van der Waals surface area contributed by atoms with E-state index in [2.05, 4.69) is 6.92 Å². The highest BCUT2D eigenvalue weighted by atomic mass is 35.5. The van der Waals surface area contributed by atoms with Gasteiger partial charge in [-0.05, 0) is 18.6 Å². The second kappa shape index (κ2) is 11.2. The summed E-state index contributed by atoms with van der Waals surface area (Å²) in [6.45, 7) is 4.00. The summed E-state index contributed by atoms with van der Waals surface area (Å²) in [5.74, 6) is -1.12. The maximum absolute atomic E-state index is 12.6. The van der Waals surface area contributed by atoms with Crippen molar-refractivity contribution >= 4 is 34.7 Å². The normalized spacial score (nSPS) is 15.1. The van der Waals surface area contributed by atoms with Gasteiger partial charge in [0.2, 0.25) is 5.91 Å². The van der Waals surface area contributed by atoms with Gasteiger partial charge in [-0.25, -0.2) is 4.90 Å². The Morgan fingerprint density at radius 1 is 1.11 bits per heavy atom. The number of carbonyl (C=O) groups excluding carboxylic acids is 2. The largest absolute Gasteiger partial charge is 0.509 e. The van der Waals surface area contributed by atoms with E-state index in [9.17, 15) is 14.7 Å². The Hall–Kier alpha value is -1.85. The van der Waals surface area contributed by atoms with Crippen molar-refractivity contribution in [2.45, 2.75) is 65.2 Å². The van der Waals surface area contributed by atoms with Crippen LogP contribution in [0.1, 0.15) is 70.8 Å². The zero-order valence-electron chi connectivity index (χ0n) is 16.8. The number of nitrogens with zero attached hydrogens (tertiary/aromatic N) is 1. The van der Waals surface area contributed by atoms with Crippen LogP contribution in [0.3, 0.4) is 0 Å². The molecule has 0 spiro atoms. The van der Waals surface area contributed by atoms with Crippen LogP contribution in [-0.2, 0) is 14.3 Å². The summed E-state index contributed by atoms with van der Waals surface area (Å²) < 4.78 is 5.55. The summed E-state index contributed by atoms with van der Waals surface area (Å²) in [5, 5.41) is 10.8. The molecule has 1 aromatic rings. The Labute approximate surface area is 172 Å². The number of aliphatic hydroxyl groups excluding tert-OH is 1. The molecule has 1 aliphatic rings. The van der Waals surface area contributed by atoms with Gasteiger partial charge in [-0.1, -0.05) is 69.5 Å². The quantitative estimate of drug-likeness (QED) is 0.292. The van der Waals surface area contributed by atoms with Gasteiger partial charge in [0.15, 0.2) is 0 Å². The molecule has 1 aromatic carbocycles. The molecule has 0 fully saturated rings. The fourth-order valence-corrected chi connectivity index (χ4v) is 3.57. The summed E-state index contributed by atoms with van der Waals surface area (Å²) >= 11 is 6.00. The molecular formula is C22H30ClNO4. The number of anilines is 1. The lowest BCUT2D eigenvalue weighted by Gasteiger charge is -2.12. The molecule has 0 radical (unpaired) electrons. The maximum atomic E-state index is 12.6. The Morgan fingerprint density at radius 3 is 2.39 bits per heavy atom. The van der Waals surface area contributed by atoms with Gasteiger partial charge in [-0.2, -0.15) is 0 Å². The molecule has 6 heteroatoms. The summed E-state index contributed by atoms with van der Waals surface area (Å²) in [5.41, 5.74) is 1.00. The van der Waals surface area contributed by atoms with E-state index in [1.807, 2.05) is 0 Å². The number of fused-ring (bicyclic) bond motifs is 1. The minimum atomic E-state index is -0.544. The van der Waals surface area contributed by atoms with E-state index in [-0.39, 0.29) is 17.9 Å². The molecule has 2 amide bonds. The predicted molar refractivity (Wildman–Crippen MR) is 113 cm³/mol. The van der Waals surface area contributed by atoms with E-state index in [0.29, 0.717) is 22.9 Å². The SMILES string of the molecule is CCCCCCCCCCOCC(O)=C1C(=O)N(C(C)=O)c2cc(Cl)ccc21. The zero-order chi connectivity index (χ0) is 20.5. The number of imide groups is 1. The minimum absolute atomic E-state index is 0.0502. The van der Waals surface area contributed by atoms with Crippen LogP contribution in [0.2, 0.25) is 5.02 Å². The smallest absolute Gasteiger partial charge is 0.269 e. The topological polar surface area (TPSA) is 66.8 Å². The van der Waals surface area contributed by atoms with Crippen molar-refractivity contribution in [1.29, 1.82) is 0 Å². The summed E-state index contributed by atoms with van der Waals surface area (Å²) in [6, 6.07) is 4.83. The second-order valence-electron chi connectivity index (χ2n) is 7.17. The van der Waals surface area contributed by atoms with Crippen LogP contribution < -0.4 is 4.90 Å². The lowest BCUT2D eigenvalue weighted by molar-refractivity contribution is -0.122. The van der Waals surface area contributed by atoms with Crippen molar-refractivity contribution in [3.05, 3.63) is 34.5 Å². The van der Waals surface area contributed by atoms with Gasteiger partial charge < -0.3 is 9.84 Å². The van der Waals surface area contributed by atoms with Crippen LogP contribution in [0.5, 0.6) is 0 Å². The van der Waals surface area contributed by atoms with E-state index in [4.69, 9.17) is 16.3 Å². The Bertz CT molecular complexity index is 729. The van der Waals surface area contributed by atoms with Crippen LogP contribution in [0.15, 0.2) is 24.0 Å². The monoisotopic (exact) mass is 407 g/mol. The molecular weight excluding hydrogens is 378 g/mol. The van der Waals surface area contributed by atoms with Gasteiger partial charge in [0.05, 0.1) is 11.3 Å². The number of halogens is 1. The van der Waals surface area contributed by atoms with Crippen LogP contribution in [0, 0.1) is 0 Å². The molecule has 0 aliphatic carbocycles. The van der Waals surface area contributed by atoms with E-state index in [1.54, 1.807) is 18.2 Å². The first-order valence-electron chi connectivity index (χ1n) is 10.1. The van der Waals surface area contributed by atoms with Crippen molar-refractivity contribution in [2.24, 2.45) is 0 Å². The Morgan fingerprint density at radius 2 is 1.75 bits per heavy atom. The van der Waals surface area contributed by atoms with Gasteiger partial charge in [0, 0.05) is 24.1 Å². The number of hydrogen-bond donors (Lipinski definition) is 1. The number of aliphatic hydroxyl groups is 1. The van der Waals surface area contributed by atoms with Crippen LogP contribution in [0.4, 0.5) is 5.69 Å². The lowest BCUT2D eigenvalue weighted by atomic mass is 10.1. The van der Waals surface area contributed by atoms with Crippen molar-refractivity contribution in [3.63, 3.8) is 0 Å². The molecule has 154 valence electrons. The molecule has 0 aromatic heterocycles. The van der Waals surface area contributed by atoms with Crippen molar-refractivity contribution < 1.29 is 19.4 Å². The standard InChI is InChI=1S/C22H30ClNO4/c1-3-4-5-6-7-8-9-10-13-28-15-20(26)21-18-12-11-17(23)14-19(18)24(16(2)25)22(21)27/h11-12,14,26H,3-10,13,15H2,1-2H3.